The molecule has 19 nitrogen and oxygen atoms in total. The number of nitrogens with one attached hydrogen (secondary N) is 1. The normalized spacial score (nSPS) is 25.7. The molecule has 0 saturated carbocycles. The molecule has 17 atom stereocenters. The molecule has 3 heterocycles. The van der Waals surface area contributed by atoms with Gasteiger partial charge in [-0.05, 0) is 38.5 Å². The van der Waals surface area contributed by atoms with Crippen LogP contribution in [0.2, 0.25) is 0 Å². The third-order valence-electron chi connectivity index (χ3n) is 22.6. The van der Waals surface area contributed by atoms with Gasteiger partial charge in [0.2, 0.25) is 5.91 Å². The summed E-state index contributed by atoms with van der Waals surface area (Å²) in [6.45, 7) is 1.88. The summed E-state index contributed by atoms with van der Waals surface area (Å²) >= 11 is 0. The molecule has 12 N–H and O–H groups in total. The number of carbonyl (C=O) groups is 1. The van der Waals surface area contributed by atoms with Crippen molar-refractivity contribution in [3.05, 3.63) is 12.2 Å². The van der Waals surface area contributed by atoms with E-state index in [1.807, 2.05) is 0 Å². The summed E-state index contributed by atoms with van der Waals surface area (Å²) in [6, 6.07) is -0.886. The van der Waals surface area contributed by atoms with E-state index in [1.54, 1.807) is 0 Å². The highest BCUT2D eigenvalue weighted by Crippen LogP contribution is 2.34. The van der Waals surface area contributed by atoms with Crippen molar-refractivity contribution in [3.8, 4) is 0 Å². The minimum Gasteiger partial charge on any atom is -0.394 e. The fraction of sp³-hybridized carbons (Fsp3) is 0.965. The maximum Gasteiger partial charge on any atom is 0.220 e. The molecule has 105 heavy (non-hydrogen) atoms. The monoisotopic (exact) mass is 1500 g/mol. The highest BCUT2D eigenvalue weighted by molar-refractivity contribution is 5.76. The first kappa shape index (κ1) is 97.7. The van der Waals surface area contributed by atoms with Gasteiger partial charge in [0.1, 0.15) is 73.2 Å². The molecule has 0 spiro atoms. The summed E-state index contributed by atoms with van der Waals surface area (Å²) in [4.78, 5) is 13.5. The van der Waals surface area contributed by atoms with Crippen molar-refractivity contribution in [2.45, 2.75) is 503 Å². The zero-order valence-electron chi connectivity index (χ0n) is 67.0. The number of amides is 1. The molecule has 0 aliphatic carbocycles. The van der Waals surface area contributed by atoms with Gasteiger partial charge in [0.15, 0.2) is 18.9 Å². The second-order valence-electron chi connectivity index (χ2n) is 32.1. The average molecular weight is 1500 g/mol. The maximum atomic E-state index is 13.5. The zero-order valence-corrected chi connectivity index (χ0v) is 67.0. The molecule has 1 amide bonds. The van der Waals surface area contributed by atoms with Crippen molar-refractivity contribution in [1.29, 1.82) is 0 Å². The van der Waals surface area contributed by atoms with Crippen molar-refractivity contribution in [1.82, 2.24) is 5.32 Å². The molecule has 3 rings (SSSR count). The molecule has 622 valence electrons. The Bertz CT molecular complexity index is 1940. The van der Waals surface area contributed by atoms with Crippen LogP contribution in [0.25, 0.3) is 0 Å². The second-order valence-corrected chi connectivity index (χ2v) is 32.1. The van der Waals surface area contributed by atoms with E-state index in [-0.39, 0.29) is 18.9 Å². The molecule has 19 heteroatoms. The Morgan fingerprint density at radius 1 is 0.333 bits per heavy atom. The SMILES string of the molecule is CCCCCCCCCC/C=C\CCCCCCCCCCCCCCCCCC(=O)NC(COC1OC(CO)C(OC2OC(CO)C(OC3OC(CO)C(O)C(O)C3O)C(O)C2O)C(O)C1O)C(O)CCCCCCCCCCCCCCCCCCCCCCCCCCCCCCCCCCC. The number of aliphatic hydroxyl groups excluding tert-OH is 11. The molecule has 0 aromatic heterocycles. The van der Waals surface area contributed by atoms with Crippen LogP contribution >= 0.6 is 0 Å². The van der Waals surface area contributed by atoms with Crippen LogP contribution in [0, 0.1) is 0 Å². The van der Waals surface area contributed by atoms with Gasteiger partial charge in [0, 0.05) is 6.42 Å². The number of ether oxygens (including phenoxy) is 6. The number of rotatable bonds is 73. The topological polar surface area (TPSA) is 307 Å². The Hall–Kier alpha value is -1.47. The van der Waals surface area contributed by atoms with Gasteiger partial charge < -0.3 is 89.9 Å². The highest BCUT2D eigenvalue weighted by atomic mass is 16.8. The maximum absolute atomic E-state index is 13.5. The van der Waals surface area contributed by atoms with Crippen LogP contribution < -0.4 is 5.32 Å². The van der Waals surface area contributed by atoms with Crippen LogP contribution in [0.3, 0.4) is 0 Å². The summed E-state index contributed by atoms with van der Waals surface area (Å²) in [5.41, 5.74) is 0. The summed E-state index contributed by atoms with van der Waals surface area (Å²) in [6.07, 6.45) is 54.6. The lowest BCUT2D eigenvalue weighted by molar-refractivity contribution is -0.379. The number of aliphatic hydroxyl groups is 11. The fourth-order valence-electron chi connectivity index (χ4n) is 15.5. The van der Waals surface area contributed by atoms with Crippen LogP contribution in [0.15, 0.2) is 12.2 Å². The highest BCUT2D eigenvalue weighted by Gasteiger charge is 2.54. The average Bonchev–Trinajstić information content (AvgIpc) is 0.781. The molecular formula is C86H165NO18. The Kier molecular flexibility index (Phi) is 62.4. The minimum atomic E-state index is -1.97. The van der Waals surface area contributed by atoms with Crippen LogP contribution in [-0.4, -0.2) is 193 Å². The first-order valence-corrected chi connectivity index (χ1v) is 44.4. The number of unbranched alkanes of at least 4 members (excludes halogenated alkanes) is 55. The fourth-order valence-corrected chi connectivity index (χ4v) is 15.5. The number of hydrogen-bond donors (Lipinski definition) is 12. The quantitative estimate of drug-likeness (QED) is 0.0199. The van der Waals surface area contributed by atoms with Gasteiger partial charge in [-0.2, -0.15) is 0 Å². The lowest BCUT2D eigenvalue weighted by Gasteiger charge is -2.48. The predicted molar refractivity (Wildman–Crippen MR) is 420 cm³/mol. The van der Waals surface area contributed by atoms with Crippen molar-refractivity contribution < 1.29 is 89.4 Å². The number of carbonyl (C=O) groups excluding carboxylic acids is 1. The van der Waals surface area contributed by atoms with Gasteiger partial charge in [-0.1, -0.05) is 366 Å². The molecule has 0 aromatic rings. The Labute approximate surface area is 639 Å². The van der Waals surface area contributed by atoms with E-state index in [9.17, 15) is 61.0 Å². The van der Waals surface area contributed by atoms with Gasteiger partial charge in [-0.25, -0.2) is 0 Å². The van der Waals surface area contributed by atoms with E-state index < -0.39 is 124 Å². The summed E-state index contributed by atoms with van der Waals surface area (Å²) in [7, 11) is 0. The van der Waals surface area contributed by atoms with E-state index in [2.05, 4.69) is 31.3 Å². The second kappa shape index (κ2) is 67.1. The molecule has 17 unspecified atom stereocenters. The Balaban J connectivity index is 1.33. The minimum absolute atomic E-state index is 0.234. The van der Waals surface area contributed by atoms with Gasteiger partial charge in [-0.15, -0.1) is 0 Å². The van der Waals surface area contributed by atoms with Crippen LogP contribution in [0.4, 0.5) is 0 Å². The lowest BCUT2D eigenvalue weighted by atomic mass is 9.96. The van der Waals surface area contributed by atoms with E-state index in [1.165, 1.54) is 321 Å². The van der Waals surface area contributed by atoms with Crippen molar-refractivity contribution in [2.24, 2.45) is 0 Å². The van der Waals surface area contributed by atoms with Gasteiger partial charge in [-0.3, -0.25) is 4.79 Å². The molecule has 3 fully saturated rings. The third kappa shape index (κ3) is 46.3. The van der Waals surface area contributed by atoms with E-state index in [0.717, 1.165) is 44.9 Å². The molecule has 3 aliphatic rings. The van der Waals surface area contributed by atoms with E-state index in [4.69, 9.17) is 28.4 Å². The zero-order chi connectivity index (χ0) is 76.0. The Morgan fingerprint density at radius 3 is 0.924 bits per heavy atom. The smallest absolute Gasteiger partial charge is 0.220 e. The molecule has 0 radical (unpaired) electrons. The van der Waals surface area contributed by atoms with Gasteiger partial charge >= 0.3 is 0 Å². The standard InChI is InChI=1S/C86H165NO18/c1-3-5-7-9-11-13-15-17-19-21-23-25-27-29-31-32-33-34-35-36-38-39-41-43-45-47-49-51-53-55-57-59-61-63-70(91)69(87-74(92)64-62-60-58-56-54-52-50-48-46-44-42-40-37-30-28-26-24-22-20-18-16-14-12-10-8-6-4-2)68-100-84-80(98)77(95)82(72(66-89)102-84)105-86-81(99)78(96)83(73(67-90)103-86)104-85-79(97)76(94)75(93)71(65-88)101-85/h22,24,69-73,75-86,88-91,93-99H,3-21,23,25-68H2,1-2H3,(H,87,92)/b24-22-. The van der Waals surface area contributed by atoms with Crippen LogP contribution in [-0.2, 0) is 33.2 Å². The largest absolute Gasteiger partial charge is 0.394 e. The first-order valence-electron chi connectivity index (χ1n) is 44.4. The summed E-state index contributed by atoms with van der Waals surface area (Å²) in [5.74, 6) is -0.234. The number of hydrogen-bond acceptors (Lipinski definition) is 18. The molecular weight excluding hydrogens is 1330 g/mol. The van der Waals surface area contributed by atoms with Crippen molar-refractivity contribution in [2.75, 3.05) is 26.4 Å². The molecule has 3 aliphatic heterocycles. The van der Waals surface area contributed by atoms with Crippen molar-refractivity contribution >= 4 is 5.91 Å². The molecule has 0 aromatic carbocycles. The number of allylic oxidation sites excluding steroid dienone is 2. The molecule has 0 bridgehead atoms. The van der Waals surface area contributed by atoms with E-state index in [0.29, 0.717) is 12.8 Å². The van der Waals surface area contributed by atoms with Crippen LogP contribution in [0.1, 0.15) is 399 Å². The van der Waals surface area contributed by atoms with Crippen LogP contribution in [0.5, 0.6) is 0 Å². The molecule has 3 saturated heterocycles. The van der Waals surface area contributed by atoms with Gasteiger partial charge in [0.05, 0.1) is 38.6 Å². The summed E-state index contributed by atoms with van der Waals surface area (Å²) < 4.78 is 34.6. The van der Waals surface area contributed by atoms with Crippen molar-refractivity contribution in [3.63, 3.8) is 0 Å². The summed E-state index contributed by atoms with van der Waals surface area (Å²) in [5, 5.41) is 121. The third-order valence-corrected chi connectivity index (χ3v) is 22.6. The first-order chi connectivity index (χ1) is 51.3. The van der Waals surface area contributed by atoms with Gasteiger partial charge in [0.25, 0.3) is 0 Å². The predicted octanol–water partition coefficient (Wildman–Crippen LogP) is 16.3. The van der Waals surface area contributed by atoms with E-state index >= 15 is 0 Å². The lowest BCUT2D eigenvalue weighted by Crippen LogP contribution is -2.66. The Morgan fingerprint density at radius 2 is 0.600 bits per heavy atom.